The number of aromatic nitrogens is 1. The minimum absolute atomic E-state index is 0.0135. The van der Waals surface area contributed by atoms with Crippen LogP contribution in [0.1, 0.15) is 53.7 Å². The van der Waals surface area contributed by atoms with Gasteiger partial charge in [0, 0.05) is 18.8 Å². The van der Waals surface area contributed by atoms with Crippen molar-refractivity contribution in [3.8, 4) is 5.88 Å². The number of aliphatic hydroxyl groups is 1. The summed E-state index contributed by atoms with van der Waals surface area (Å²) < 4.78 is 5.40. The molecule has 1 aromatic rings. The highest BCUT2D eigenvalue weighted by atomic mass is 16.5. The van der Waals surface area contributed by atoms with Gasteiger partial charge in [0.2, 0.25) is 5.88 Å². The van der Waals surface area contributed by atoms with Crippen molar-refractivity contribution in [3.63, 3.8) is 0 Å². The monoisotopic (exact) mass is 376 g/mol. The summed E-state index contributed by atoms with van der Waals surface area (Å²) in [4.78, 5) is 27.9. The van der Waals surface area contributed by atoms with Crippen molar-refractivity contribution >= 4 is 12.4 Å². The zero-order valence-electron chi connectivity index (χ0n) is 15.9. The first-order chi connectivity index (χ1) is 13.0. The number of carbonyl (C=O) groups is 2. The third kappa shape index (κ3) is 3.93. The Morgan fingerprint density at radius 1 is 1.26 bits per heavy atom. The summed E-state index contributed by atoms with van der Waals surface area (Å²) in [7, 11) is 3.49. The van der Waals surface area contributed by atoms with Gasteiger partial charge in [0.15, 0.2) is 0 Å². The molecule has 1 amide bonds. The summed E-state index contributed by atoms with van der Waals surface area (Å²) in [5.41, 5.74) is 2.87. The predicted molar refractivity (Wildman–Crippen MR) is 98.8 cm³/mol. The number of amides is 1. The van der Waals surface area contributed by atoms with Gasteiger partial charge >= 0.3 is 0 Å². The van der Waals surface area contributed by atoms with E-state index in [-0.39, 0.29) is 24.5 Å². The Morgan fingerprint density at radius 2 is 1.89 bits per heavy atom. The van der Waals surface area contributed by atoms with Gasteiger partial charge in [-0.3, -0.25) is 9.59 Å². The molecule has 0 radical (unpaired) electrons. The highest BCUT2D eigenvalue weighted by Gasteiger charge is 2.43. The first-order valence-electron chi connectivity index (χ1n) is 9.58. The Kier molecular flexibility index (Phi) is 5.99. The van der Waals surface area contributed by atoms with Crippen molar-refractivity contribution in [1.29, 1.82) is 0 Å². The molecule has 0 spiro atoms. The number of methoxy groups -OCH3 is 1. The molecule has 2 saturated carbocycles. The summed E-state index contributed by atoms with van der Waals surface area (Å²) >= 11 is 0. The molecular formula is C20H28N2O5. The number of ether oxygens (including phenoxy) is 1. The maximum atomic E-state index is 13.1. The van der Waals surface area contributed by atoms with E-state index in [1.54, 1.807) is 7.11 Å². The van der Waals surface area contributed by atoms with E-state index in [1.807, 2.05) is 18.0 Å². The van der Waals surface area contributed by atoms with Gasteiger partial charge in [0.25, 0.3) is 12.4 Å². The lowest BCUT2D eigenvalue weighted by Crippen LogP contribution is -2.36. The van der Waals surface area contributed by atoms with E-state index in [2.05, 4.69) is 4.98 Å². The van der Waals surface area contributed by atoms with Crippen LogP contribution in [-0.4, -0.2) is 58.8 Å². The molecule has 3 aliphatic rings. The fourth-order valence-electron chi connectivity index (χ4n) is 4.99. The second-order valence-corrected chi connectivity index (χ2v) is 7.80. The smallest absolute Gasteiger partial charge is 0.290 e. The van der Waals surface area contributed by atoms with Gasteiger partial charge in [-0.15, -0.1) is 0 Å². The number of aryl methyl sites for hydroxylation is 2. The Bertz CT molecular complexity index is 694. The first kappa shape index (κ1) is 19.6. The minimum Gasteiger partial charge on any atom is -0.483 e. The predicted octanol–water partition coefficient (Wildman–Crippen LogP) is 1.90. The van der Waals surface area contributed by atoms with Crippen LogP contribution in [0, 0.1) is 11.8 Å². The normalized spacial score (nSPS) is 28.0. The van der Waals surface area contributed by atoms with Gasteiger partial charge in [-0.1, -0.05) is 0 Å². The van der Waals surface area contributed by atoms with Gasteiger partial charge in [-0.25, -0.2) is 4.98 Å². The first-order valence-corrected chi connectivity index (χ1v) is 9.58. The number of carbonyl (C=O) groups excluding carboxylic acids is 1. The van der Waals surface area contributed by atoms with Gasteiger partial charge in [-0.05, 0) is 68.4 Å². The van der Waals surface area contributed by atoms with E-state index in [9.17, 15) is 9.90 Å². The number of hydrogen-bond donors (Lipinski definition) is 2. The van der Waals surface area contributed by atoms with Crippen LogP contribution in [-0.2, 0) is 17.6 Å². The van der Waals surface area contributed by atoms with Crippen molar-refractivity contribution in [1.82, 2.24) is 9.88 Å². The fraction of sp³-hybridized carbons (Fsp3) is 0.650. The molecule has 0 saturated heterocycles. The van der Waals surface area contributed by atoms with Crippen molar-refractivity contribution in [3.05, 3.63) is 22.9 Å². The maximum Gasteiger partial charge on any atom is 0.290 e. The number of aliphatic hydroxyl groups excluding tert-OH is 1. The van der Waals surface area contributed by atoms with E-state index in [0.29, 0.717) is 23.3 Å². The van der Waals surface area contributed by atoms with Crippen molar-refractivity contribution < 1.29 is 24.5 Å². The summed E-state index contributed by atoms with van der Waals surface area (Å²) in [6, 6.07) is 2.25. The number of carboxylic acid groups (broad SMARTS) is 1. The van der Waals surface area contributed by atoms with E-state index in [0.717, 1.165) is 50.6 Å². The van der Waals surface area contributed by atoms with Crippen LogP contribution < -0.4 is 4.74 Å². The standard InChI is InChI=1S/C19H26N2O3.CH2O2/c1-21(14-6-12-8-15(22)9-13(12)7-14)19(23)16-10-11-4-3-5-17(11)20-18(16)24-2;2-1-3/h10,12-15,22H,3-9H2,1-2H3;1H,(H,2,3)/t12-,13+,14?,15?;. The van der Waals surface area contributed by atoms with Crippen LogP contribution in [0.15, 0.2) is 6.07 Å². The second-order valence-electron chi connectivity index (χ2n) is 7.80. The van der Waals surface area contributed by atoms with Gasteiger partial charge in [0.05, 0.1) is 13.2 Å². The summed E-state index contributed by atoms with van der Waals surface area (Å²) in [5.74, 6) is 1.61. The topological polar surface area (TPSA) is 100.0 Å². The lowest BCUT2D eigenvalue weighted by atomic mass is 10.0. The van der Waals surface area contributed by atoms with E-state index in [4.69, 9.17) is 14.6 Å². The van der Waals surface area contributed by atoms with Gasteiger partial charge in [0.1, 0.15) is 5.56 Å². The number of nitrogens with zero attached hydrogens (tertiary/aromatic N) is 2. The molecule has 27 heavy (non-hydrogen) atoms. The van der Waals surface area contributed by atoms with Crippen molar-refractivity contribution in [2.75, 3.05) is 14.2 Å². The molecule has 0 aromatic carbocycles. The average Bonchev–Trinajstić information content (AvgIpc) is 3.33. The Balaban J connectivity index is 0.000000659. The zero-order chi connectivity index (χ0) is 19.6. The van der Waals surface area contributed by atoms with E-state index in [1.165, 1.54) is 5.56 Å². The molecule has 2 N–H and O–H groups in total. The van der Waals surface area contributed by atoms with Gasteiger partial charge in [-0.2, -0.15) is 0 Å². The SMILES string of the molecule is COc1nc2c(cc1C(=O)N(C)C1C[C@H]3CC(O)C[C@H]3C1)CCC2.O=CO. The van der Waals surface area contributed by atoms with E-state index < -0.39 is 0 Å². The number of hydrogen-bond acceptors (Lipinski definition) is 5. The Hall–Kier alpha value is -2.15. The zero-order valence-corrected chi connectivity index (χ0v) is 15.9. The molecule has 0 bridgehead atoms. The minimum atomic E-state index is -0.250. The molecule has 4 rings (SSSR count). The van der Waals surface area contributed by atoms with Crippen LogP contribution in [0.3, 0.4) is 0 Å². The van der Waals surface area contributed by atoms with Crippen LogP contribution in [0.5, 0.6) is 5.88 Å². The largest absolute Gasteiger partial charge is 0.483 e. The molecular weight excluding hydrogens is 348 g/mol. The second kappa shape index (κ2) is 8.25. The molecule has 0 aliphatic heterocycles. The molecule has 148 valence electrons. The van der Waals surface area contributed by atoms with Crippen LogP contribution in [0.2, 0.25) is 0 Å². The van der Waals surface area contributed by atoms with Crippen LogP contribution >= 0.6 is 0 Å². The highest BCUT2D eigenvalue weighted by Crippen LogP contribution is 2.45. The molecule has 4 atom stereocenters. The Morgan fingerprint density at radius 3 is 2.48 bits per heavy atom. The van der Waals surface area contributed by atoms with Crippen LogP contribution in [0.4, 0.5) is 0 Å². The molecule has 2 unspecified atom stereocenters. The highest BCUT2D eigenvalue weighted by molar-refractivity contribution is 5.96. The number of pyridine rings is 1. The molecule has 7 heteroatoms. The van der Waals surface area contributed by atoms with Crippen LogP contribution in [0.25, 0.3) is 0 Å². The van der Waals surface area contributed by atoms with Crippen molar-refractivity contribution in [2.45, 2.75) is 57.1 Å². The molecule has 7 nitrogen and oxygen atoms in total. The fourth-order valence-corrected chi connectivity index (χ4v) is 4.99. The van der Waals surface area contributed by atoms with Crippen molar-refractivity contribution in [2.24, 2.45) is 11.8 Å². The maximum absolute atomic E-state index is 13.1. The van der Waals surface area contributed by atoms with E-state index >= 15 is 0 Å². The average molecular weight is 376 g/mol. The molecule has 1 heterocycles. The quantitative estimate of drug-likeness (QED) is 0.782. The number of rotatable bonds is 3. The van der Waals surface area contributed by atoms with Gasteiger partial charge < -0.3 is 19.8 Å². The number of fused-ring (bicyclic) bond motifs is 2. The summed E-state index contributed by atoms with van der Waals surface area (Å²) in [5, 5.41) is 16.7. The third-order valence-corrected chi connectivity index (χ3v) is 6.27. The summed E-state index contributed by atoms with van der Waals surface area (Å²) in [6.07, 6.45) is 6.75. The third-order valence-electron chi connectivity index (χ3n) is 6.27. The lowest BCUT2D eigenvalue weighted by Gasteiger charge is -2.26. The molecule has 2 fully saturated rings. The Labute approximate surface area is 159 Å². The molecule has 3 aliphatic carbocycles. The summed E-state index contributed by atoms with van der Waals surface area (Å²) in [6.45, 7) is -0.250. The lowest BCUT2D eigenvalue weighted by molar-refractivity contribution is -0.122. The molecule has 1 aromatic heterocycles.